The van der Waals surface area contributed by atoms with Crippen LogP contribution in [0.25, 0.3) is 10.2 Å². The third-order valence-electron chi connectivity index (χ3n) is 5.45. The molecule has 1 aliphatic rings. The molecule has 29 heavy (non-hydrogen) atoms. The maximum Gasteiger partial charge on any atom is 0.340 e. The van der Waals surface area contributed by atoms with Crippen LogP contribution in [0.4, 0.5) is 0 Å². The van der Waals surface area contributed by atoms with Crippen LogP contribution < -0.4 is 5.56 Å². The number of aromatic nitrogens is 3. The quantitative estimate of drug-likeness (QED) is 0.511. The molecular formula is C21H23N3O4S. The van der Waals surface area contributed by atoms with Crippen molar-refractivity contribution in [1.29, 1.82) is 0 Å². The van der Waals surface area contributed by atoms with Gasteiger partial charge in [-0.2, -0.15) is 0 Å². The van der Waals surface area contributed by atoms with Crippen molar-refractivity contribution in [1.82, 2.24) is 14.5 Å². The summed E-state index contributed by atoms with van der Waals surface area (Å²) in [7, 11) is 0. The van der Waals surface area contributed by atoms with Gasteiger partial charge in [-0.3, -0.25) is 14.2 Å². The lowest BCUT2D eigenvalue weighted by Gasteiger charge is -2.10. The van der Waals surface area contributed by atoms with Gasteiger partial charge in [0.25, 0.3) is 5.56 Å². The lowest BCUT2D eigenvalue weighted by molar-refractivity contribution is 0.0525. The van der Waals surface area contributed by atoms with Crippen molar-refractivity contribution in [3.63, 3.8) is 0 Å². The van der Waals surface area contributed by atoms with E-state index in [0.717, 1.165) is 36.1 Å². The van der Waals surface area contributed by atoms with E-state index in [9.17, 15) is 14.4 Å². The molecule has 0 radical (unpaired) electrons. The topological polar surface area (TPSA) is 94.1 Å². The molecule has 0 atom stereocenters. The standard InChI is InChI=1S/C21H23N3O4S/c1-4-28-21(27)16-11(2)18(23-12(16)3)14(25)9-24-10-22-19-17(20(24)26)13-7-5-6-8-15(13)29-19/h10,23H,4-9H2,1-3H3. The average molecular weight is 413 g/mol. The number of thiophene rings is 1. The van der Waals surface area contributed by atoms with E-state index < -0.39 is 5.97 Å². The molecule has 0 spiro atoms. The number of aryl methyl sites for hydroxylation is 3. The van der Waals surface area contributed by atoms with Gasteiger partial charge in [0.05, 0.1) is 36.1 Å². The zero-order valence-electron chi connectivity index (χ0n) is 16.8. The summed E-state index contributed by atoms with van der Waals surface area (Å²) in [5.74, 6) is -0.726. The van der Waals surface area contributed by atoms with Crippen LogP contribution in [-0.2, 0) is 24.1 Å². The maximum atomic E-state index is 13.1. The van der Waals surface area contributed by atoms with E-state index in [1.54, 1.807) is 32.1 Å². The predicted molar refractivity (Wildman–Crippen MR) is 111 cm³/mol. The van der Waals surface area contributed by atoms with Gasteiger partial charge in [0.15, 0.2) is 5.78 Å². The van der Waals surface area contributed by atoms with Gasteiger partial charge in [0.1, 0.15) is 4.83 Å². The number of fused-ring (bicyclic) bond motifs is 3. The number of ketones is 1. The first-order valence-electron chi connectivity index (χ1n) is 9.81. The van der Waals surface area contributed by atoms with Crippen LogP contribution >= 0.6 is 11.3 Å². The van der Waals surface area contributed by atoms with Gasteiger partial charge in [-0.25, -0.2) is 9.78 Å². The lowest BCUT2D eigenvalue weighted by Crippen LogP contribution is -2.25. The SMILES string of the molecule is CCOC(=O)c1c(C)[nH]c(C(=O)Cn2cnc3sc4c(c3c2=O)CCCC4)c1C. The molecule has 0 bridgehead atoms. The molecule has 3 aromatic rings. The smallest absolute Gasteiger partial charge is 0.340 e. The zero-order chi connectivity index (χ0) is 20.7. The molecule has 7 nitrogen and oxygen atoms in total. The van der Waals surface area contributed by atoms with Crippen LogP contribution in [0.15, 0.2) is 11.1 Å². The molecule has 8 heteroatoms. The molecule has 3 heterocycles. The molecule has 1 N–H and O–H groups in total. The van der Waals surface area contributed by atoms with Crippen molar-refractivity contribution in [2.45, 2.75) is 53.0 Å². The maximum absolute atomic E-state index is 13.1. The summed E-state index contributed by atoms with van der Waals surface area (Å²) < 4.78 is 6.44. The van der Waals surface area contributed by atoms with Gasteiger partial charge in [-0.1, -0.05) is 0 Å². The highest BCUT2D eigenvalue weighted by atomic mass is 32.1. The van der Waals surface area contributed by atoms with Crippen LogP contribution in [0.2, 0.25) is 0 Å². The number of carbonyl (C=O) groups excluding carboxylic acids is 2. The first-order chi connectivity index (χ1) is 13.9. The van der Waals surface area contributed by atoms with E-state index in [-0.39, 0.29) is 24.5 Å². The largest absolute Gasteiger partial charge is 0.462 e. The Hall–Kier alpha value is -2.74. The monoisotopic (exact) mass is 413 g/mol. The first kappa shape index (κ1) is 19.6. The van der Waals surface area contributed by atoms with Crippen LogP contribution in [-0.4, -0.2) is 32.9 Å². The molecule has 0 saturated heterocycles. The van der Waals surface area contributed by atoms with Crippen LogP contribution in [0.1, 0.15) is 62.3 Å². The fourth-order valence-corrected chi connectivity index (χ4v) is 5.29. The fraction of sp³-hybridized carbons (Fsp3) is 0.429. The predicted octanol–water partition coefficient (Wildman–Crippen LogP) is 3.34. The van der Waals surface area contributed by atoms with E-state index in [1.807, 2.05) is 0 Å². The number of hydrogen-bond acceptors (Lipinski definition) is 6. The van der Waals surface area contributed by atoms with Crippen molar-refractivity contribution >= 4 is 33.3 Å². The molecule has 0 amide bonds. The Labute approximate surface area is 171 Å². The fourth-order valence-electron chi connectivity index (χ4n) is 4.07. The molecule has 4 rings (SSSR count). The van der Waals surface area contributed by atoms with Crippen molar-refractivity contribution in [3.8, 4) is 0 Å². The number of aromatic amines is 1. The van der Waals surface area contributed by atoms with E-state index >= 15 is 0 Å². The van der Waals surface area contributed by atoms with E-state index in [1.165, 1.54) is 15.8 Å². The Bertz CT molecular complexity index is 1180. The summed E-state index contributed by atoms with van der Waals surface area (Å²) >= 11 is 1.59. The molecule has 0 unspecified atom stereocenters. The highest BCUT2D eigenvalue weighted by Crippen LogP contribution is 2.33. The summed E-state index contributed by atoms with van der Waals surface area (Å²) in [5.41, 5.74) is 2.76. The van der Waals surface area contributed by atoms with Crippen LogP contribution in [0.3, 0.4) is 0 Å². The number of nitrogens with zero attached hydrogens (tertiary/aromatic N) is 2. The van der Waals surface area contributed by atoms with Crippen molar-refractivity contribution < 1.29 is 14.3 Å². The molecule has 0 fully saturated rings. The molecule has 0 aliphatic heterocycles. The van der Waals surface area contributed by atoms with Crippen molar-refractivity contribution in [2.75, 3.05) is 6.61 Å². The van der Waals surface area contributed by atoms with Crippen LogP contribution in [0.5, 0.6) is 0 Å². The highest BCUT2D eigenvalue weighted by molar-refractivity contribution is 7.18. The Balaban J connectivity index is 1.68. The number of rotatable bonds is 5. The molecular weight excluding hydrogens is 390 g/mol. The third kappa shape index (κ3) is 3.31. The van der Waals surface area contributed by atoms with Gasteiger partial charge in [0, 0.05) is 10.6 Å². The van der Waals surface area contributed by atoms with E-state index in [2.05, 4.69) is 9.97 Å². The van der Waals surface area contributed by atoms with Gasteiger partial charge in [-0.05, 0) is 57.6 Å². The summed E-state index contributed by atoms with van der Waals surface area (Å²) in [4.78, 5) is 47.6. The van der Waals surface area contributed by atoms with Gasteiger partial charge in [0.2, 0.25) is 0 Å². The Morgan fingerprint density at radius 3 is 2.79 bits per heavy atom. The molecule has 0 saturated carbocycles. The minimum absolute atomic E-state index is 0.130. The minimum Gasteiger partial charge on any atom is -0.462 e. The second-order valence-corrected chi connectivity index (χ2v) is 8.42. The number of Topliss-reactive ketones (excluding diaryl/α,β-unsaturated/α-hetero) is 1. The molecule has 152 valence electrons. The third-order valence-corrected chi connectivity index (χ3v) is 6.65. The van der Waals surface area contributed by atoms with Crippen LogP contribution in [0, 0.1) is 13.8 Å². The lowest BCUT2D eigenvalue weighted by atomic mass is 9.97. The Morgan fingerprint density at radius 2 is 2.03 bits per heavy atom. The number of H-pyrrole nitrogens is 1. The highest BCUT2D eigenvalue weighted by Gasteiger charge is 2.24. The number of hydrogen-bond donors (Lipinski definition) is 1. The molecule has 0 aromatic carbocycles. The van der Waals surface area contributed by atoms with Gasteiger partial charge in [-0.15, -0.1) is 11.3 Å². The summed E-state index contributed by atoms with van der Waals surface area (Å²) in [6, 6.07) is 0. The average Bonchev–Trinajstić information content (AvgIpc) is 3.21. The first-order valence-corrected chi connectivity index (χ1v) is 10.6. The van der Waals surface area contributed by atoms with Gasteiger partial charge >= 0.3 is 5.97 Å². The number of ether oxygens (including phenoxy) is 1. The minimum atomic E-state index is -0.456. The summed E-state index contributed by atoms with van der Waals surface area (Å²) in [5, 5.41) is 0.659. The van der Waals surface area contributed by atoms with E-state index in [0.29, 0.717) is 27.9 Å². The summed E-state index contributed by atoms with van der Waals surface area (Å²) in [6.07, 6.45) is 5.54. The van der Waals surface area contributed by atoms with Crippen molar-refractivity contribution in [3.05, 3.63) is 49.6 Å². The zero-order valence-corrected chi connectivity index (χ0v) is 17.6. The Morgan fingerprint density at radius 1 is 1.28 bits per heavy atom. The molecule has 1 aliphatic carbocycles. The second kappa shape index (κ2) is 7.59. The molecule has 3 aromatic heterocycles. The van der Waals surface area contributed by atoms with Gasteiger partial charge < -0.3 is 9.72 Å². The number of esters is 1. The van der Waals surface area contributed by atoms with E-state index in [4.69, 9.17) is 4.74 Å². The normalized spacial score (nSPS) is 13.5. The summed E-state index contributed by atoms with van der Waals surface area (Å²) in [6.45, 7) is 5.31. The number of carbonyl (C=O) groups is 2. The second-order valence-electron chi connectivity index (χ2n) is 7.34. The Kier molecular flexibility index (Phi) is 5.12. The van der Waals surface area contributed by atoms with Crippen molar-refractivity contribution in [2.24, 2.45) is 0 Å². The number of nitrogens with one attached hydrogen (secondary N) is 1.